The highest BCUT2D eigenvalue weighted by molar-refractivity contribution is 6.23. The summed E-state index contributed by atoms with van der Waals surface area (Å²) in [5, 5.41) is 0. The van der Waals surface area contributed by atoms with E-state index in [1.165, 1.54) is 0 Å². The van der Waals surface area contributed by atoms with Crippen molar-refractivity contribution in [3.63, 3.8) is 0 Å². The normalized spacial score (nSPS) is 14.1. The van der Waals surface area contributed by atoms with Gasteiger partial charge in [0.15, 0.2) is 0 Å². The van der Waals surface area contributed by atoms with Crippen LogP contribution >= 0.6 is 0 Å². The van der Waals surface area contributed by atoms with E-state index in [1.807, 2.05) is 0 Å². The van der Waals surface area contributed by atoms with Crippen molar-refractivity contribution in [1.82, 2.24) is 0 Å². The lowest BCUT2D eigenvalue weighted by Crippen LogP contribution is -2.33. The van der Waals surface area contributed by atoms with Crippen LogP contribution in [0.4, 0.5) is 0 Å². The largest absolute Gasteiger partial charge is 0.456 e. The summed E-state index contributed by atoms with van der Waals surface area (Å²) in [6.45, 7) is 20.6. The van der Waals surface area contributed by atoms with Gasteiger partial charge >= 0.3 is 23.9 Å². The second-order valence-electron chi connectivity index (χ2n) is 13.8. The van der Waals surface area contributed by atoms with Crippen molar-refractivity contribution in [2.45, 2.75) is 118 Å². The van der Waals surface area contributed by atoms with Crippen LogP contribution in [-0.2, 0) is 38.1 Å². The SMILES string of the molecule is CC(C)(C)OC(=O)C(C(=O)OC(C)(C)C)=C1CCC(=C(C(=O)OC(C)(C)C)C(=O)OC(C)(C)C)c2ccccc21. The van der Waals surface area contributed by atoms with Crippen molar-refractivity contribution in [3.05, 3.63) is 46.5 Å². The van der Waals surface area contributed by atoms with E-state index in [2.05, 4.69) is 0 Å². The molecule has 0 atom stereocenters. The predicted molar refractivity (Wildman–Crippen MR) is 153 cm³/mol. The molecule has 0 aliphatic heterocycles. The number of benzene rings is 1. The summed E-state index contributed by atoms with van der Waals surface area (Å²) in [6.07, 6.45) is 0.324. The highest BCUT2D eigenvalue weighted by Gasteiger charge is 2.38. The molecule has 0 heterocycles. The van der Waals surface area contributed by atoms with Crippen molar-refractivity contribution in [1.29, 1.82) is 0 Å². The molecule has 0 bridgehead atoms. The predicted octanol–water partition coefficient (Wildman–Crippen LogP) is 6.35. The third-order valence-corrected chi connectivity index (χ3v) is 5.22. The van der Waals surface area contributed by atoms with Gasteiger partial charge in [0.2, 0.25) is 0 Å². The molecule has 1 aromatic carbocycles. The van der Waals surface area contributed by atoms with E-state index in [-0.39, 0.29) is 24.0 Å². The van der Waals surface area contributed by atoms with E-state index in [9.17, 15) is 19.2 Å². The molecule has 1 aromatic rings. The Bertz CT molecular complexity index is 1080. The van der Waals surface area contributed by atoms with Crippen molar-refractivity contribution < 1.29 is 38.1 Å². The Morgan fingerprint density at radius 2 is 0.700 bits per heavy atom. The van der Waals surface area contributed by atoms with Crippen LogP contribution in [0.15, 0.2) is 35.4 Å². The van der Waals surface area contributed by atoms with Gasteiger partial charge in [-0.3, -0.25) is 0 Å². The van der Waals surface area contributed by atoms with Gasteiger partial charge < -0.3 is 18.9 Å². The first-order chi connectivity index (χ1) is 18.0. The Morgan fingerprint density at radius 3 is 0.900 bits per heavy atom. The summed E-state index contributed by atoms with van der Waals surface area (Å²) in [4.78, 5) is 53.6. The highest BCUT2D eigenvalue weighted by Crippen LogP contribution is 2.42. The molecular formula is C32H44O8. The Kier molecular flexibility index (Phi) is 9.50. The topological polar surface area (TPSA) is 105 Å². The van der Waals surface area contributed by atoms with Gasteiger partial charge in [0.1, 0.15) is 33.6 Å². The minimum absolute atomic E-state index is 0.162. The molecule has 8 heteroatoms. The summed E-state index contributed by atoms with van der Waals surface area (Å²) >= 11 is 0. The van der Waals surface area contributed by atoms with Gasteiger partial charge in [-0.25, -0.2) is 19.2 Å². The zero-order valence-electron chi connectivity index (χ0n) is 26.0. The number of allylic oxidation sites excluding steroid dienone is 2. The maximum Gasteiger partial charge on any atom is 0.346 e. The minimum Gasteiger partial charge on any atom is -0.456 e. The first-order valence-corrected chi connectivity index (χ1v) is 13.5. The third-order valence-electron chi connectivity index (χ3n) is 5.22. The van der Waals surface area contributed by atoms with Crippen molar-refractivity contribution in [2.75, 3.05) is 0 Å². The fourth-order valence-electron chi connectivity index (χ4n) is 4.02. The van der Waals surface area contributed by atoms with Crippen LogP contribution in [0, 0.1) is 0 Å². The second-order valence-corrected chi connectivity index (χ2v) is 13.8. The highest BCUT2D eigenvalue weighted by atomic mass is 16.6. The van der Waals surface area contributed by atoms with Crippen LogP contribution < -0.4 is 0 Å². The maximum absolute atomic E-state index is 13.4. The number of esters is 4. The van der Waals surface area contributed by atoms with E-state index in [0.29, 0.717) is 22.3 Å². The number of rotatable bonds is 4. The monoisotopic (exact) mass is 556 g/mol. The Balaban J connectivity index is 2.87. The molecule has 0 radical (unpaired) electrons. The zero-order chi connectivity index (χ0) is 30.8. The van der Waals surface area contributed by atoms with Crippen LogP contribution in [0.2, 0.25) is 0 Å². The first-order valence-electron chi connectivity index (χ1n) is 13.5. The van der Waals surface area contributed by atoms with E-state index < -0.39 is 46.3 Å². The summed E-state index contributed by atoms with van der Waals surface area (Å²) < 4.78 is 22.4. The lowest BCUT2D eigenvalue weighted by molar-refractivity contribution is -0.160. The Hall–Kier alpha value is -3.42. The molecule has 0 aromatic heterocycles. The lowest BCUT2D eigenvalue weighted by Gasteiger charge is -2.29. The number of carbonyl (C=O) groups is 4. The Morgan fingerprint density at radius 1 is 0.475 bits per heavy atom. The Labute approximate surface area is 238 Å². The smallest absolute Gasteiger partial charge is 0.346 e. The number of hydrogen-bond acceptors (Lipinski definition) is 8. The number of fused-ring (bicyclic) bond motifs is 1. The minimum atomic E-state index is -0.856. The zero-order valence-corrected chi connectivity index (χ0v) is 26.0. The maximum atomic E-state index is 13.4. The molecule has 0 spiro atoms. The van der Waals surface area contributed by atoms with E-state index in [1.54, 1.807) is 107 Å². The molecule has 2 rings (SSSR count). The van der Waals surface area contributed by atoms with Gasteiger partial charge in [-0.1, -0.05) is 24.3 Å². The fraction of sp³-hybridized carbons (Fsp3) is 0.562. The number of carbonyl (C=O) groups excluding carboxylic acids is 4. The molecule has 0 unspecified atom stereocenters. The molecule has 0 N–H and O–H groups in total. The first kappa shape index (κ1) is 32.8. The van der Waals surface area contributed by atoms with Crippen LogP contribution in [0.5, 0.6) is 0 Å². The second kappa shape index (κ2) is 11.6. The van der Waals surface area contributed by atoms with Crippen molar-refractivity contribution >= 4 is 35.0 Å². The summed E-state index contributed by atoms with van der Waals surface area (Å²) in [7, 11) is 0. The molecule has 1 aliphatic carbocycles. The summed E-state index contributed by atoms with van der Waals surface area (Å²) in [5.74, 6) is -3.23. The summed E-state index contributed by atoms with van der Waals surface area (Å²) in [5.41, 5.74) is -2.00. The quantitative estimate of drug-likeness (QED) is 0.139. The molecule has 0 saturated heterocycles. The van der Waals surface area contributed by atoms with Gasteiger partial charge in [-0.2, -0.15) is 0 Å². The van der Waals surface area contributed by atoms with Gasteiger partial charge in [-0.05, 0) is 118 Å². The molecule has 0 amide bonds. The third kappa shape index (κ3) is 9.35. The van der Waals surface area contributed by atoms with Crippen molar-refractivity contribution in [2.24, 2.45) is 0 Å². The lowest BCUT2D eigenvalue weighted by atomic mass is 9.79. The standard InChI is InChI=1S/C32H44O8/c1-29(2,3)37-25(33)23(26(34)38-30(4,5)6)21-17-18-22(20-16-14-13-15-19(20)21)24(27(35)39-31(7,8)9)28(36)40-32(10,11)12/h13-16H,17-18H2,1-12H3. The number of hydrogen-bond donors (Lipinski definition) is 0. The molecule has 0 saturated carbocycles. The molecule has 8 nitrogen and oxygen atoms in total. The molecule has 220 valence electrons. The summed E-state index contributed by atoms with van der Waals surface area (Å²) in [6, 6.07) is 6.98. The average Bonchev–Trinajstić information content (AvgIpc) is 2.70. The molecule has 1 aliphatic rings. The average molecular weight is 557 g/mol. The van der Waals surface area contributed by atoms with Gasteiger partial charge in [0.05, 0.1) is 0 Å². The van der Waals surface area contributed by atoms with Crippen LogP contribution in [0.3, 0.4) is 0 Å². The van der Waals surface area contributed by atoms with E-state index in [0.717, 1.165) is 0 Å². The van der Waals surface area contributed by atoms with Gasteiger partial charge in [0.25, 0.3) is 0 Å². The molecule has 0 fully saturated rings. The van der Waals surface area contributed by atoms with Crippen molar-refractivity contribution in [3.8, 4) is 0 Å². The van der Waals surface area contributed by atoms with Gasteiger partial charge in [-0.15, -0.1) is 0 Å². The van der Waals surface area contributed by atoms with E-state index >= 15 is 0 Å². The van der Waals surface area contributed by atoms with Gasteiger partial charge in [0, 0.05) is 0 Å². The van der Waals surface area contributed by atoms with Crippen LogP contribution in [-0.4, -0.2) is 46.3 Å². The fourth-order valence-corrected chi connectivity index (χ4v) is 4.02. The number of ether oxygens (including phenoxy) is 4. The molecule has 40 heavy (non-hydrogen) atoms. The van der Waals surface area contributed by atoms with Crippen LogP contribution in [0.1, 0.15) is 107 Å². The van der Waals surface area contributed by atoms with E-state index in [4.69, 9.17) is 18.9 Å². The van der Waals surface area contributed by atoms with Crippen LogP contribution in [0.25, 0.3) is 11.1 Å². The molecular weight excluding hydrogens is 512 g/mol.